The molecule has 0 aromatic carbocycles. The molecule has 0 heterocycles. The molecule has 0 spiro atoms. The number of hydrogen-bond donors (Lipinski definition) is 0. The van der Waals surface area contributed by atoms with Gasteiger partial charge in [-0.15, -0.1) is 0 Å². The molecular formula is C8H16O2. The number of ether oxygens (including phenoxy) is 1. The van der Waals surface area contributed by atoms with E-state index in [9.17, 15) is 4.79 Å². The van der Waals surface area contributed by atoms with Crippen LogP contribution < -0.4 is 0 Å². The molecule has 60 valence electrons. The number of hydrogen-bond acceptors (Lipinski definition) is 2. The lowest BCUT2D eigenvalue weighted by Gasteiger charge is -2.08. The molecular weight excluding hydrogens is 128 g/mol. The first-order chi connectivity index (χ1) is 4.66. The molecule has 0 rings (SSSR count). The highest BCUT2D eigenvalue weighted by Gasteiger charge is 2.01. The van der Waals surface area contributed by atoms with Crippen LogP contribution >= 0.6 is 0 Å². The van der Waals surface area contributed by atoms with E-state index in [0.29, 0.717) is 12.5 Å². The van der Waals surface area contributed by atoms with Crippen molar-refractivity contribution >= 4 is 5.97 Å². The minimum Gasteiger partial charge on any atom is -0.466 e. The van der Waals surface area contributed by atoms with E-state index in [-0.39, 0.29) is 5.97 Å². The summed E-state index contributed by atoms with van der Waals surface area (Å²) < 4.78 is 4.82. The van der Waals surface area contributed by atoms with Gasteiger partial charge in [-0.1, -0.05) is 20.3 Å². The Kier molecular flexibility index (Phi) is 4.99. The lowest BCUT2D eigenvalue weighted by Crippen LogP contribution is -2.08. The molecule has 0 saturated heterocycles. The van der Waals surface area contributed by atoms with E-state index in [1.54, 1.807) is 0 Å². The molecule has 0 radical (unpaired) electrons. The Bertz CT molecular complexity index is 99.4. The molecule has 1 atom stereocenters. The van der Waals surface area contributed by atoms with Crippen LogP contribution in [-0.4, -0.2) is 12.6 Å². The molecule has 2 nitrogen and oxygen atoms in total. The summed E-state index contributed by atoms with van der Waals surface area (Å²) in [7, 11) is 0. The summed E-state index contributed by atoms with van der Waals surface area (Å²) in [6.07, 6.45) is 2.29. The Morgan fingerprint density at radius 2 is 2.20 bits per heavy atom. The fourth-order valence-corrected chi connectivity index (χ4v) is 0.836. The molecule has 0 aromatic heterocycles. The van der Waals surface area contributed by atoms with Gasteiger partial charge in [0.1, 0.15) is 0 Å². The zero-order chi connectivity index (χ0) is 7.98. The molecule has 0 unspecified atom stereocenters. The Hall–Kier alpha value is -0.530. The maximum atomic E-state index is 10.3. The highest BCUT2D eigenvalue weighted by molar-refractivity contribution is 5.65. The average molecular weight is 144 g/mol. The molecule has 0 fully saturated rings. The van der Waals surface area contributed by atoms with Crippen molar-refractivity contribution in [3.05, 3.63) is 0 Å². The van der Waals surface area contributed by atoms with Crippen molar-refractivity contribution in [3.8, 4) is 0 Å². The molecule has 0 bridgehead atoms. The van der Waals surface area contributed by atoms with E-state index < -0.39 is 0 Å². The predicted octanol–water partition coefficient (Wildman–Crippen LogP) is 1.99. The summed E-state index contributed by atoms with van der Waals surface area (Å²) in [5.74, 6) is 0.330. The van der Waals surface area contributed by atoms with Crippen LogP contribution in [0.1, 0.15) is 33.6 Å². The van der Waals surface area contributed by atoms with Gasteiger partial charge in [-0.2, -0.15) is 0 Å². The quantitative estimate of drug-likeness (QED) is 0.564. The second kappa shape index (κ2) is 5.27. The van der Waals surface area contributed by atoms with Crippen molar-refractivity contribution < 1.29 is 9.53 Å². The van der Waals surface area contributed by atoms with Gasteiger partial charge < -0.3 is 4.74 Å². The highest BCUT2D eigenvalue weighted by atomic mass is 16.5. The van der Waals surface area contributed by atoms with Gasteiger partial charge in [-0.05, 0) is 12.3 Å². The smallest absolute Gasteiger partial charge is 0.302 e. The molecule has 0 aromatic rings. The first kappa shape index (κ1) is 9.47. The summed E-state index contributed by atoms with van der Waals surface area (Å²) in [5, 5.41) is 0. The lowest BCUT2D eigenvalue weighted by atomic mass is 10.1. The van der Waals surface area contributed by atoms with Gasteiger partial charge in [0.2, 0.25) is 0 Å². The normalized spacial score (nSPS) is 12.7. The maximum absolute atomic E-state index is 10.3. The molecule has 0 saturated carbocycles. The van der Waals surface area contributed by atoms with E-state index >= 15 is 0 Å². The van der Waals surface area contributed by atoms with E-state index in [2.05, 4.69) is 13.8 Å². The molecule has 0 amide bonds. The minimum atomic E-state index is -0.178. The molecule has 0 aliphatic heterocycles. The lowest BCUT2D eigenvalue weighted by molar-refractivity contribution is -0.142. The maximum Gasteiger partial charge on any atom is 0.302 e. The average Bonchev–Trinajstić information content (AvgIpc) is 1.85. The third-order valence-electron chi connectivity index (χ3n) is 1.35. The summed E-state index contributed by atoms with van der Waals surface area (Å²) >= 11 is 0. The SMILES string of the molecule is CCC[C@H](C)COC(C)=O. The third-order valence-corrected chi connectivity index (χ3v) is 1.35. The Morgan fingerprint density at radius 1 is 1.60 bits per heavy atom. The number of carbonyl (C=O) groups is 1. The minimum absolute atomic E-state index is 0.178. The standard InChI is InChI=1S/C8H16O2/c1-4-5-7(2)6-10-8(3)9/h7H,4-6H2,1-3H3/t7-/m0/s1. The first-order valence-electron chi connectivity index (χ1n) is 3.80. The van der Waals surface area contributed by atoms with Gasteiger partial charge in [0.25, 0.3) is 0 Å². The van der Waals surface area contributed by atoms with Crippen LogP contribution in [0.15, 0.2) is 0 Å². The number of carbonyl (C=O) groups excluding carboxylic acids is 1. The second-order valence-corrected chi connectivity index (χ2v) is 2.70. The van der Waals surface area contributed by atoms with Crippen LogP contribution in [0.4, 0.5) is 0 Å². The topological polar surface area (TPSA) is 26.3 Å². The van der Waals surface area contributed by atoms with Crippen LogP contribution in [0.25, 0.3) is 0 Å². The first-order valence-corrected chi connectivity index (χ1v) is 3.80. The molecule has 0 aliphatic carbocycles. The molecule has 0 N–H and O–H groups in total. The van der Waals surface area contributed by atoms with Crippen molar-refractivity contribution in [1.29, 1.82) is 0 Å². The van der Waals surface area contributed by atoms with Crippen LogP contribution in [0.2, 0.25) is 0 Å². The summed E-state index contributed by atoms with van der Waals surface area (Å²) in [6.45, 7) is 6.23. The van der Waals surface area contributed by atoms with Crippen molar-refractivity contribution in [2.45, 2.75) is 33.6 Å². The Morgan fingerprint density at radius 3 is 2.60 bits per heavy atom. The van der Waals surface area contributed by atoms with Gasteiger partial charge in [0.15, 0.2) is 0 Å². The summed E-state index contributed by atoms with van der Waals surface area (Å²) in [4.78, 5) is 10.3. The van der Waals surface area contributed by atoms with Crippen LogP contribution in [0.3, 0.4) is 0 Å². The highest BCUT2D eigenvalue weighted by Crippen LogP contribution is 2.04. The van der Waals surface area contributed by atoms with Crippen molar-refractivity contribution in [2.24, 2.45) is 5.92 Å². The summed E-state index contributed by atoms with van der Waals surface area (Å²) in [5.41, 5.74) is 0. The van der Waals surface area contributed by atoms with Crippen LogP contribution in [0.5, 0.6) is 0 Å². The van der Waals surface area contributed by atoms with Gasteiger partial charge >= 0.3 is 5.97 Å². The molecule has 0 aliphatic rings. The van der Waals surface area contributed by atoms with E-state index in [1.165, 1.54) is 6.92 Å². The van der Waals surface area contributed by atoms with E-state index in [4.69, 9.17) is 4.74 Å². The Balaban J connectivity index is 3.21. The van der Waals surface area contributed by atoms with Gasteiger partial charge in [0.05, 0.1) is 6.61 Å². The zero-order valence-electron chi connectivity index (χ0n) is 7.02. The van der Waals surface area contributed by atoms with Gasteiger partial charge in [-0.3, -0.25) is 4.79 Å². The second-order valence-electron chi connectivity index (χ2n) is 2.70. The van der Waals surface area contributed by atoms with Crippen LogP contribution in [0, 0.1) is 5.92 Å². The predicted molar refractivity (Wildman–Crippen MR) is 40.7 cm³/mol. The summed E-state index contributed by atoms with van der Waals surface area (Å²) in [6, 6.07) is 0. The third kappa shape index (κ3) is 5.60. The van der Waals surface area contributed by atoms with Crippen molar-refractivity contribution in [1.82, 2.24) is 0 Å². The number of rotatable bonds is 4. The molecule has 10 heavy (non-hydrogen) atoms. The van der Waals surface area contributed by atoms with Crippen molar-refractivity contribution in [3.63, 3.8) is 0 Å². The fourth-order valence-electron chi connectivity index (χ4n) is 0.836. The largest absolute Gasteiger partial charge is 0.466 e. The van der Waals surface area contributed by atoms with Gasteiger partial charge in [0, 0.05) is 6.92 Å². The van der Waals surface area contributed by atoms with Crippen molar-refractivity contribution in [2.75, 3.05) is 6.61 Å². The van der Waals surface area contributed by atoms with Gasteiger partial charge in [-0.25, -0.2) is 0 Å². The Labute approximate surface area is 62.6 Å². The monoisotopic (exact) mass is 144 g/mol. The van der Waals surface area contributed by atoms with E-state index in [0.717, 1.165) is 12.8 Å². The molecule has 2 heteroatoms. The van der Waals surface area contributed by atoms with Crippen LogP contribution in [-0.2, 0) is 9.53 Å². The fraction of sp³-hybridized carbons (Fsp3) is 0.875. The zero-order valence-corrected chi connectivity index (χ0v) is 7.02. The number of esters is 1. The van der Waals surface area contributed by atoms with E-state index in [1.807, 2.05) is 0 Å².